The Kier molecular flexibility index (Phi) is 5.11. The van der Waals surface area contributed by atoms with E-state index in [0.717, 1.165) is 32.1 Å². The van der Waals surface area contributed by atoms with Crippen LogP contribution in [0.5, 0.6) is 5.75 Å². The van der Waals surface area contributed by atoms with Crippen LogP contribution in [0.2, 0.25) is 0 Å². The number of amides is 1. The summed E-state index contributed by atoms with van der Waals surface area (Å²) in [5, 5.41) is 16.6. The van der Waals surface area contributed by atoms with E-state index in [0.29, 0.717) is 6.54 Å². The Labute approximate surface area is 152 Å². The molecule has 26 heavy (non-hydrogen) atoms. The zero-order valence-corrected chi connectivity index (χ0v) is 15.3. The smallest absolute Gasteiger partial charge is 0.275 e. The summed E-state index contributed by atoms with van der Waals surface area (Å²) in [4.78, 5) is 23.9. The molecule has 2 N–H and O–H groups in total. The highest BCUT2D eigenvalue weighted by Gasteiger charge is 2.36. The normalized spacial score (nSPS) is 15.8. The maximum absolute atomic E-state index is 12.0. The first-order valence-corrected chi connectivity index (χ1v) is 9.11. The molecule has 1 amide bonds. The highest BCUT2D eigenvalue weighted by Crippen LogP contribution is 2.42. The first-order chi connectivity index (χ1) is 12.5. The number of nitrogens with one attached hydrogen (secondary N) is 1. The molecule has 1 fully saturated rings. The van der Waals surface area contributed by atoms with E-state index in [1.807, 2.05) is 0 Å². The van der Waals surface area contributed by atoms with E-state index >= 15 is 0 Å². The molecule has 1 heterocycles. The molecule has 0 radical (unpaired) electrons. The number of benzene rings is 1. The number of nitrogens with zero attached hydrogens (tertiary/aromatic N) is 2. The standard InChI is InChI=1S/C20H25N3O3/c1-3-14-7-6-8-15(11-14)20(9-4-5-10-20)13-23-12-16(24)18(25)17(22-23)19(26)21-2/h6-8,11-12,24H,3-5,9-10,13H2,1-2H3,(H,21,26). The quantitative estimate of drug-likeness (QED) is 0.862. The SMILES string of the molecule is CCc1cccc(C2(Cn3cc(O)c(=O)c(C(=O)NC)n3)CCCC2)c1. The Morgan fingerprint density at radius 1 is 1.35 bits per heavy atom. The van der Waals surface area contributed by atoms with E-state index in [1.165, 1.54) is 24.4 Å². The van der Waals surface area contributed by atoms with Gasteiger partial charge in [-0.2, -0.15) is 5.10 Å². The van der Waals surface area contributed by atoms with Crippen molar-refractivity contribution in [2.45, 2.75) is 51.0 Å². The lowest BCUT2D eigenvalue weighted by atomic mass is 9.78. The summed E-state index contributed by atoms with van der Waals surface area (Å²) in [6.07, 6.45) is 6.60. The van der Waals surface area contributed by atoms with Crippen molar-refractivity contribution in [3.8, 4) is 5.75 Å². The van der Waals surface area contributed by atoms with Crippen LogP contribution in [0.25, 0.3) is 0 Å². The summed E-state index contributed by atoms with van der Waals surface area (Å²) in [7, 11) is 1.44. The van der Waals surface area contributed by atoms with Crippen molar-refractivity contribution < 1.29 is 9.90 Å². The summed E-state index contributed by atoms with van der Waals surface area (Å²) in [6, 6.07) is 8.60. The topological polar surface area (TPSA) is 84.2 Å². The Morgan fingerprint density at radius 3 is 2.73 bits per heavy atom. The molecule has 0 spiro atoms. The van der Waals surface area contributed by atoms with Crippen LogP contribution in [0, 0.1) is 0 Å². The van der Waals surface area contributed by atoms with E-state index in [1.54, 1.807) is 4.68 Å². The maximum Gasteiger partial charge on any atom is 0.275 e. The molecule has 0 unspecified atom stereocenters. The Morgan fingerprint density at radius 2 is 2.08 bits per heavy atom. The summed E-state index contributed by atoms with van der Waals surface area (Å²) in [6.45, 7) is 2.66. The van der Waals surface area contributed by atoms with Gasteiger partial charge in [0.05, 0.1) is 12.7 Å². The molecule has 6 nitrogen and oxygen atoms in total. The number of carbonyl (C=O) groups excluding carboxylic acids is 1. The molecule has 1 saturated carbocycles. The fourth-order valence-electron chi connectivity index (χ4n) is 3.89. The molecule has 1 aliphatic rings. The second kappa shape index (κ2) is 7.32. The largest absolute Gasteiger partial charge is 0.503 e. The fourth-order valence-corrected chi connectivity index (χ4v) is 3.89. The number of aromatic hydroxyl groups is 1. The molecule has 0 atom stereocenters. The van der Waals surface area contributed by atoms with Crippen molar-refractivity contribution in [3.05, 3.63) is 57.5 Å². The average Bonchev–Trinajstić information content (AvgIpc) is 3.13. The van der Waals surface area contributed by atoms with Crippen molar-refractivity contribution in [1.29, 1.82) is 0 Å². The zero-order valence-electron chi connectivity index (χ0n) is 15.3. The number of aryl methyl sites for hydroxylation is 1. The number of hydrogen-bond acceptors (Lipinski definition) is 4. The van der Waals surface area contributed by atoms with Crippen molar-refractivity contribution in [1.82, 2.24) is 15.1 Å². The molecule has 138 valence electrons. The zero-order chi connectivity index (χ0) is 18.7. The highest BCUT2D eigenvalue weighted by atomic mass is 16.3. The van der Waals surface area contributed by atoms with Gasteiger partial charge >= 0.3 is 0 Å². The lowest BCUT2D eigenvalue weighted by Crippen LogP contribution is -2.33. The van der Waals surface area contributed by atoms with Gasteiger partial charge in [-0.3, -0.25) is 14.3 Å². The first kappa shape index (κ1) is 18.2. The Hall–Kier alpha value is -2.63. The van der Waals surface area contributed by atoms with E-state index in [2.05, 4.69) is 41.6 Å². The lowest BCUT2D eigenvalue weighted by molar-refractivity contribution is 0.0953. The van der Waals surface area contributed by atoms with Crippen LogP contribution in [-0.2, 0) is 18.4 Å². The van der Waals surface area contributed by atoms with Gasteiger partial charge in [-0.1, -0.05) is 44.0 Å². The van der Waals surface area contributed by atoms with Crippen LogP contribution in [0.4, 0.5) is 0 Å². The summed E-state index contributed by atoms with van der Waals surface area (Å²) < 4.78 is 1.55. The van der Waals surface area contributed by atoms with Crippen molar-refractivity contribution in [2.24, 2.45) is 0 Å². The van der Waals surface area contributed by atoms with Gasteiger partial charge in [-0.25, -0.2) is 0 Å². The van der Waals surface area contributed by atoms with Gasteiger partial charge in [0.2, 0.25) is 0 Å². The van der Waals surface area contributed by atoms with Crippen molar-refractivity contribution in [3.63, 3.8) is 0 Å². The molecule has 1 aliphatic carbocycles. The molecular formula is C20H25N3O3. The van der Waals surface area contributed by atoms with Gasteiger partial charge in [0, 0.05) is 12.5 Å². The van der Waals surface area contributed by atoms with Crippen LogP contribution >= 0.6 is 0 Å². The van der Waals surface area contributed by atoms with Gasteiger partial charge in [0.1, 0.15) is 0 Å². The van der Waals surface area contributed by atoms with Crippen molar-refractivity contribution >= 4 is 5.91 Å². The molecule has 1 aromatic carbocycles. The molecule has 0 saturated heterocycles. The molecule has 2 aromatic rings. The van der Waals surface area contributed by atoms with Crippen LogP contribution in [0.15, 0.2) is 35.3 Å². The van der Waals surface area contributed by atoms with Crippen LogP contribution in [0.1, 0.15) is 54.2 Å². The van der Waals surface area contributed by atoms with Crippen molar-refractivity contribution in [2.75, 3.05) is 7.05 Å². The third-order valence-electron chi connectivity index (χ3n) is 5.36. The highest BCUT2D eigenvalue weighted by molar-refractivity contribution is 5.92. The predicted octanol–water partition coefficient (Wildman–Crippen LogP) is 2.38. The Bertz CT molecular complexity index is 867. The first-order valence-electron chi connectivity index (χ1n) is 9.11. The number of rotatable bonds is 5. The molecule has 1 aromatic heterocycles. The second-order valence-corrected chi connectivity index (χ2v) is 7.01. The predicted molar refractivity (Wildman–Crippen MR) is 99.5 cm³/mol. The number of hydrogen-bond donors (Lipinski definition) is 2. The molecule has 3 rings (SSSR count). The maximum atomic E-state index is 12.0. The minimum absolute atomic E-state index is 0.0976. The Balaban J connectivity index is 2.02. The minimum Gasteiger partial charge on any atom is -0.503 e. The third-order valence-corrected chi connectivity index (χ3v) is 5.36. The van der Waals surface area contributed by atoms with Crippen LogP contribution < -0.4 is 10.7 Å². The summed E-state index contributed by atoms with van der Waals surface area (Å²) >= 11 is 0. The average molecular weight is 355 g/mol. The number of carbonyl (C=O) groups is 1. The van der Waals surface area contributed by atoms with E-state index in [-0.39, 0.29) is 11.1 Å². The molecule has 6 heteroatoms. The van der Waals surface area contributed by atoms with Gasteiger partial charge in [-0.05, 0) is 30.4 Å². The minimum atomic E-state index is -0.742. The molecule has 0 aliphatic heterocycles. The second-order valence-electron chi connectivity index (χ2n) is 7.01. The van der Waals surface area contributed by atoms with Gasteiger partial charge < -0.3 is 10.4 Å². The van der Waals surface area contributed by atoms with E-state index in [9.17, 15) is 14.7 Å². The summed E-state index contributed by atoms with van der Waals surface area (Å²) in [5.41, 5.74) is 1.43. The monoisotopic (exact) mass is 355 g/mol. The third kappa shape index (κ3) is 3.36. The lowest BCUT2D eigenvalue weighted by Gasteiger charge is -2.30. The van der Waals surface area contributed by atoms with Crippen LogP contribution in [0.3, 0.4) is 0 Å². The fraction of sp³-hybridized carbons (Fsp3) is 0.450. The van der Waals surface area contributed by atoms with E-state index < -0.39 is 17.1 Å². The summed E-state index contributed by atoms with van der Waals surface area (Å²) in [5.74, 6) is -1.04. The van der Waals surface area contributed by atoms with Gasteiger partial charge in [0.15, 0.2) is 11.4 Å². The molecular weight excluding hydrogens is 330 g/mol. The van der Waals surface area contributed by atoms with Gasteiger partial charge in [-0.15, -0.1) is 0 Å². The van der Waals surface area contributed by atoms with Gasteiger partial charge in [0.25, 0.3) is 11.3 Å². The molecule has 0 bridgehead atoms. The number of aromatic nitrogens is 2. The van der Waals surface area contributed by atoms with Crippen LogP contribution in [-0.4, -0.2) is 27.8 Å². The van der Waals surface area contributed by atoms with E-state index in [4.69, 9.17) is 0 Å².